The summed E-state index contributed by atoms with van der Waals surface area (Å²) >= 11 is 0. The minimum absolute atomic E-state index is 0.918. The van der Waals surface area contributed by atoms with Gasteiger partial charge in [-0.05, 0) is 32.4 Å². The van der Waals surface area contributed by atoms with Crippen molar-refractivity contribution in [2.75, 3.05) is 11.9 Å². The summed E-state index contributed by atoms with van der Waals surface area (Å²) in [4.78, 5) is 4.29. The van der Waals surface area contributed by atoms with Gasteiger partial charge in [-0.3, -0.25) is 0 Å². The summed E-state index contributed by atoms with van der Waals surface area (Å²) in [6.07, 6.45) is 1.91. The van der Waals surface area contributed by atoms with E-state index in [-0.39, 0.29) is 0 Å². The number of para-hydroxylation sites is 1. The van der Waals surface area contributed by atoms with E-state index in [0.29, 0.717) is 0 Å². The monoisotopic (exact) mass is 229 g/mol. The van der Waals surface area contributed by atoms with Gasteiger partial charge in [-0.2, -0.15) is 0 Å². The van der Waals surface area contributed by atoms with Gasteiger partial charge in [-0.25, -0.2) is 4.98 Å². The minimum Gasteiger partial charge on any atom is -0.383 e. The van der Waals surface area contributed by atoms with Gasteiger partial charge in [-0.1, -0.05) is 18.2 Å². The smallest absolute Gasteiger partial charge is 0.0952 e. The molecule has 0 aliphatic carbocycles. The Balaban J connectivity index is 1.92. The molecule has 1 heterocycles. The number of benzene rings is 1. The number of aromatic nitrogens is 2. The first kappa shape index (κ1) is 11.7. The molecule has 0 bridgehead atoms. The van der Waals surface area contributed by atoms with Crippen LogP contribution in [0.2, 0.25) is 0 Å². The maximum absolute atomic E-state index is 4.29. The molecule has 0 spiro atoms. The van der Waals surface area contributed by atoms with Gasteiger partial charge in [0.05, 0.1) is 12.0 Å². The van der Waals surface area contributed by atoms with Crippen LogP contribution in [0, 0.1) is 20.8 Å². The highest BCUT2D eigenvalue weighted by Gasteiger charge is 2.01. The standard InChI is InChI=1S/C14H19N3/c1-11-6-4-5-7-14(11)15-8-9-17-10-16-12(2)13(17)3/h4-7,10,15H,8-9H2,1-3H3. The molecule has 3 heteroatoms. The van der Waals surface area contributed by atoms with Gasteiger partial charge < -0.3 is 9.88 Å². The molecule has 0 unspecified atom stereocenters. The average Bonchev–Trinajstić information content (AvgIpc) is 2.63. The van der Waals surface area contributed by atoms with Gasteiger partial charge in [-0.15, -0.1) is 0 Å². The van der Waals surface area contributed by atoms with Crippen molar-refractivity contribution in [3.05, 3.63) is 47.5 Å². The Hall–Kier alpha value is -1.77. The van der Waals surface area contributed by atoms with Crippen LogP contribution in [0.3, 0.4) is 0 Å². The molecule has 1 aromatic heterocycles. The first-order chi connectivity index (χ1) is 8.18. The molecular weight excluding hydrogens is 210 g/mol. The van der Waals surface area contributed by atoms with Crippen molar-refractivity contribution in [2.45, 2.75) is 27.3 Å². The average molecular weight is 229 g/mol. The summed E-state index contributed by atoms with van der Waals surface area (Å²) in [5.74, 6) is 0. The van der Waals surface area contributed by atoms with Crippen molar-refractivity contribution in [3.8, 4) is 0 Å². The third-order valence-electron chi connectivity index (χ3n) is 3.16. The zero-order chi connectivity index (χ0) is 12.3. The van der Waals surface area contributed by atoms with E-state index in [2.05, 4.69) is 53.0 Å². The lowest BCUT2D eigenvalue weighted by atomic mass is 10.2. The second-order valence-electron chi connectivity index (χ2n) is 4.35. The first-order valence-electron chi connectivity index (χ1n) is 5.96. The number of imidazole rings is 1. The van der Waals surface area contributed by atoms with Crippen molar-refractivity contribution in [2.24, 2.45) is 0 Å². The number of aryl methyl sites for hydroxylation is 2. The SMILES string of the molecule is Cc1ccccc1NCCn1cnc(C)c1C. The second-order valence-corrected chi connectivity index (χ2v) is 4.35. The highest BCUT2D eigenvalue weighted by Crippen LogP contribution is 2.12. The van der Waals surface area contributed by atoms with Crippen LogP contribution >= 0.6 is 0 Å². The van der Waals surface area contributed by atoms with E-state index in [9.17, 15) is 0 Å². The predicted molar refractivity (Wildman–Crippen MR) is 71.4 cm³/mol. The van der Waals surface area contributed by atoms with Crippen LogP contribution in [0.25, 0.3) is 0 Å². The number of hydrogen-bond donors (Lipinski definition) is 1. The Labute approximate surface area is 103 Å². The number of anilines is 1. The van der Waals surface area contributed by atoms with Crippen LogP contribution < -0.4 is 5.32 Å². The molecule has 0 aliphatic heterocycles. The lowest BCUT2D eigenvalue weighted by molar-refractivity contribution is 0.705. The molecule has 0 aliphatic rings. The zero-order valence-corrected chi connectivity index (χ0v) is 10.7. The first-order valence-corrected chi connectivity index (χ1v) is 5.96. The molecule has 90 valence electrons. The fourth-order valence-electron chi connectivity index (χ4n) is 1.85. The van der Waals surface area contributed by atoms with Crippen molar-refractivity contribution >= 4 is 5.69 Å². The van der Waals surface area contributed by atoms with Gasteiger partial charge in [0.15, 0.2) is 0 Å². The quantitative estimate of drug-likeness (QED) is 0.873. The van der Waals surface area contributed by atoms with Crippen LogP contribution in [0.15, 0.2) is 30.6 Å². The minimum atomic E-state index is 0.918. The molecule has 0 saturated heterocycles. The summed E-state index contributed by atoms with van der Waals surface area (Å²) < 4.78 is 2.18. The largest absolute Gasteiger partial charge is 0.383 e. The Morgan fingerprint density at radius 1 is 1.18 bits per heavy atom. The summed E-state index contributed by atoms with van der Waals surface area (Å²) in [6, 6.07) is 8.35. The second kappa shape index (κ2) is 5.04. The van der Waals surface area contributed by atoms with Gasteiger partial charge in [0.25, 0.3) is 0 Å². The van der Waals surface area contributed by atoms with Gasteiger partial charge in [0.2, 0.25) is 0 Å². The van der Waals surface area contributed by atoms with E-state index < -0.39 is 0 Å². The summed E-state index contributed by atoms with van der Waals surface area (Å²) in [7, 11) is 0. The Morgan fingerprint density at radius 3 is 2.59 bits per heavy atom. The van der Waals surface area contributed by atoms with E-state index in [1.54, 1.807) is 0 Å². The number of rotatable bonds is 4. The molecular formula is C14H19N3. The molecule has 0 fully saturated rings. The Bertz CT molecular complexity index is 500. The number of hydrogen-bond acceptors (Lipinski definition) is 2. The molecule has 0 radical (unpaired) electrons. The van der Waals surface area contributed by atoms with Crippen LogP contribution in [0.5, 0.6) is 0 Å². The highest BCUT2D eigenvalue weighted by molar-refractivity contribution is 5.50. The molecule has 2 aromatic rings. The molecule has 3 nitrogen and oxygen atoms in total. The Morgan fingerprint density at radius 2 is 1.94 bits per heavy atom. The van der Waals surface area contributed by atoms with Gasteiger partial charge in [0.1, 0.15) is 0 Å². The topological polar surface area (TPSA) is 29.9 Å². The zero-order valence-electron chi connectivity index (χ0n) is 10.7. The van der Waals surface area contributed by atoms with Crippen molar-refractivity contribution in [3.63, 3.8) is 0 Å². The third-order valence-corrected chi connectivity index (χ3v) is 3.16. The maximum atomic E-state index is 4.29. The van der Waals surface area contributed by atoms with Crippen LogP contribution in [0.4, 0.5) is 5.69 Å². The van der Waals surface area contributed by atoms with E-state index >= 15 is 0 Å². The third kappa shape index (κ3) is 2.67. The maximum Gasteiger partial charge on any atom is 0.0952 e. The van der Waals surface area contributed by atoms with E-state index in [0.717, 1.165) is 18.8 Å². The Kier molecular flexibility index (Phi) is 3.47. The molecule has 17 heavy (non-hydrogen) atoms. The highest BCUT2D eigenvalue weighted by atomic mass is 15.1. The number of nitrogens with zero attached hydrogens (tertiary/aromatic N) is 2. The van der Waals surface area contributed by atoms with E-state index in [1.807, 2.05) is 13.3 Å². The summed E-state index contributed by atoms with van der Waals surface area (Å²) in [6.45, 7) is 8.13. The van der Waals surface area contributed by atoms with Crippen molar-refractivity contribution in [1.82, 2.24) is 9.55 Å². The van der Waals surface area contributed by atoms with Crippen molar-refractivity contribution < 1.29 is 0 Å². The van der Waals surface area contributed by atoms with Crippen molar-refractivity contribution in [1.29, 1.82) is 0 Å². The molecule has 0 amide bonds. The van der Waals surface area contributed by atoms with E-state index in [1.165, 1.54) is 16.9 Å². The fraction of sp³-hybridized carbons (Fsp3) is 0.357. The van der Waals surface area contributed by atoms with Crippen LogP contribution in [-0.4, -0.2) is 16.1 Å². The molecule has 0 saturated carbocycles. The fourth-order valence-corrected chi connectivity index (χ4v) is 1.85. The van der Waals surface area contributed by atoms with Gasteiger partial charge in [0, 0.05) is 24.5 Å². The van der Waals surface area contributed by atoms with Gasteiger partial charge >= 0.3 is 0 Å². The lowest BCUT2D eigenvalue weighted by Crippen LogP contribution is -2.11. The molecule has 2 rings (SSSR count). The molecule has 1 N–H and O–H groups in total. The summed E-state index contributed by atoms with van der Waals surface area (Å²) in [5, 5.41) is 3.45. The summed E-state index contributed by atoms with van der Waals surface area (Å²) in [5.41, 5.74) is 4.85. The normalized spacial score (nSPS) is 10.5. The van der Waals surface area contributed by atoms with E-state index in [4.69, 9.17) is 0 Å². The predicted octanol–water partition coefficient (Wildman–Crippen LogP) is 2.92. The molecule has 0 atom stereocenters. The van der Waals surface area contributed by atoms with Crippen LogP contribution in [-0.2, 0) is 6.54 Å². The number of nitrogens with one attached hydrogen (secondary N) is 1. The van der Waals surface area contributed by atoms with Crippen LogP contribution in [0.1, 0.15) is 17.0 Å². The molecule has 1 aromatic carbocycles. The lowest BCUT2D eigenvalue weighted by Gasteiger charge is -2.10.